The third-order valence-corrected chi connectivity index (χ3v) is 4.54. The first-order valence-corrected chi connectivity index (χ1v) is 9.93. The molecule has 6 nitrogen and oxygen atoms in total. The number of nitrogens with one attached hydrogen (secondary N) is 2. The van der Waals surface area contributed by atoms with E-state index in [1.807, 2.05) is 42.5 Å². The van der Waals surface area contributed by atoms with Gasteiger partial charge in [0.25, 0.3) is 5.91 Å². The standard InChI is InChI=1S/C23H32N4O2.HI/c1-18(20-9-6-5-7-10-20)29-16-8-15-25-23(24-2)26-17-19-11-13-21(14-12-19)22(28)27(3)4;/h5-7,9-14,18H,8,15-17H2,1-4H3,(H2,24,25,26);1H. The van der Waals surface area contributed by atoms with E-state index in [0.717, 1.165) is 24.5 Å². The molecule has 1 unspecified atom stereocenters. The zero-order valence-electron chi connectivity index (χ0n) is 18.2. The fourth-order valence-corrected chi connectivity index (χ4v) is 2.79. The molecule has 164 valence electrons. The molecular weight excluding hydrogens is 491 g/mol. The highest BCUT2D eigenvalue weighted by atomic mass is 127. The molecule has 30 heavy (non-hydrogen) atoms. The molecule has 0 fully saturated rings. The van der Waals surface area contributed by atoms with Crippen LogP contribution in [0.5, 0.6) is 0 Å². The van der Waals surface area contributed by atoms with Crippen LogP contribution in [0.25, 0.3) is 0 Å². The molecule has 0 aliphatic rings. The number of hydrogen-bond donors (Lipinski definition) is 2. The lowest BCUT2D eigenvalue weighted by Gasteiger charge is -2.15. The minimum Gasteiger partial charge on any atom is -0.374 e. The summed E-state index contributed by atoms with van der Waals surface area (Å²) in [6.45, 7) is 4.16. The fraction of sp³-hybridized carbons (Fsp3) is 0.391. The molecule has 1 amide bonds. The quantitative estimate of drug-likeness (QED) is 0.227. The third-order valence-electron chi connectivity index (χ3n) is 4.54. The van der Waals surface area contributed by atoms with Gasteiger partial charge in [0.15, 0.2) is 5.96 Å². The maximum atomic E-state index is 11.9. The number of carbonyl (C=O) groups is 1. The Kier molecular flexibility index (Phi) is 12.1. The minimum absolute atomic E-state index is 0. The highest BCUT2D eigenvalue weighted by molar-refractivity contribution is 14.0. The Bertz CT molecular complexity index is 780. The van der Waals surface area contributed by atoms with E-state index in [1.54, 1.807) is 26.0 Å². The van der Waals surface area contributed by atoms with E-state index in [9.17, 15) is 4.79 Å². The lowest BCUT2D eigenvalue weighted by Crippen LogP contribution is -2.37. The van der Waals surface area contributed by atoms with Crippen molar-refractivity contribution >= 4 is 35.8 Å². The van der Waals surface area contributed by atoms with Crippen LogP contribution in [0.3, 0.4) is 0 Å². The summed E-state index contributed by atoms with van der Waals surface area (Å²) < 4.78 is 5.89. The van der Waals surface area contributed by atoms with Crippen molar-refractivity contribution in [1.29, 1.82) is 0 Å². The molecule has 0 spiro atoms. The van der Waals surface area contributed by atoms with Crippen LogP contribution in [0.4, 0.5) is 0 Å². The highest BCUT2D eigenvalue weighted by Gasteiger charge is 2.07. The molecule has 0 saturated heterocycles. The SMILES string of the molecule is CN=C(NCCCOC(C)c1ccccc1)NCc1ccc(C(=O)N(C)C)cc1.I. The van der Waals surface area contributed by atoms with Gasteiger partial charge in [0.2, 0.25) is 0 Å². The Morgan fingerprint density at radius 1 is 1.07 bits per heavy atom. The fourth-order valence-electron chi connectivity index (χ4n) is 2.79. The van der Waals surface area contributed by atoms with Gasteiger partial charge in [-0.15, -0.1) is 24.0 Å². The average Bonchev–Trinajstić information content (AvgIpc) is 2.75. The maximum Gasteiger partial charge on any atom is 0.253 e. The van der Waals surface area contributed by atoms with Crippen molar-refractivity contribution in [3.05, 3.63) is 71.3 Å². The lowest BCUT2D eigenvalue weighted by atomic mass is 10.1. The Hall–Kier alpha value is -2.13. The second-order valence-electron chi connectivity index (χ2n) is 7.03. The van der Waals surface area contributed by atoms with Gasteiger partial charge < -0.3 is 20.3 Å². The normalized spacial score (nSPS) is 11.9. The van der Waals surface area contributed by atoms with Crippen molar-refractivity contribution in [2.45, 2.75) is 26.0 Å². The van der Waals surface area contributed by atoms with E-state index in [2.05, 4.69) is 34.7 Å². The predicted octanol–water partition coefficient (Wildman–Crippen LogP) is 3.84. The van der Waals surface area contributed by atoms with Gasteiger partial charge in [0, 0.05) is 46.4 Å². The van der Waals surface area contributed by atoms with Gasteiger partial charge in [-0.2, -0.15) is 0 Å². The van der Waals surface area contributed by atoms with Gasteiger partial charge in [-0.05, 0) is 36.6 Å². The summed E-state index contributed by atoms with van der Waals surface area (Å²) in [5.41, 5.74) is 2.96. The number of amides is 1. The van der Waals surface area contributed by atoms with E-state index in [1.165, 1.54) is 5.56 Å². The van der Waals surface area contributed by atoms with Crippen molar-refractivity contribution in [3.8, 4) is 0 Å². The Labute approximate surface area is 197 Å². The van der Waals surface area contributed by atoms with E-state index in [4.69, 9.17) is 4.74 Å². The van der Waals surface area contributed by atoms with Crippen molar-refractivity contribution in [2.24, 2.45) is 4.99 Å². The van der Waals surface area contributed by atoms with Crippen LogP contribution in [0.2, 0.25) is 0 Å². The molecule has 0 aromatic heterocycles. The first kappa shape index (κ1) is 25.9. The number of guanidine groups is 1. The number of nitrogens with zero attached hydrogens (tertiary/aromatic N) is 2. The maximum absolute atomic E-state index is 11.9. The van der Waals surface area contributed by atoms with E-state index in [-0.39, 0.29) is 36.0 Å². The van der Waals surface area contributed by atoms with Crippen LogP contribution in [0, 0.1) is 0 Å². The molecule has 2 rings (SSSR count). The zero-order chi connectivity index (χ0) is 21.1. The van der Waals surface area contributed by atoms with Gasteiger partial charge in [-0.25, -0.2) is 0 Å². The van der Waals surface area contributed by atoms with Crippen molar-refractivity contribution in [2.75, 3.05) is 34.3 Å². The second-order valence-corrected chi connectivity index (χ2v) is 7.03. The van der Waals surface area contributed by atoms with Crippen LogP contribution >= 0.6 is 24.0 Å². The monoisotopic (exact) mass is 524 g/mol. The Morgan fingerprint density at radius 3 is 2.33 bits per heavy atom. The van der Waals surface area contributed by atoms with Crippen LogP contribution < -0.4 is 10.6 Å². The van der Waals surface area contributed by atoms with Crippen LogP contribution in [-0.2, 0) is 11.3 Å². The topological polar surface area (TPSA) is 66.0 Å². The summed E-state index contributed by atoms with van der Waals surface area (Å²) in [4.78, 5) is 17.8. The summed E-state index contributed by atoms with van der Waals surface area (Å²) in [7, 11) is 5.25. The zero-order valence-corrected chi connectivity index (χ0v) is 20.6. The molecular formula is C23H33IN4O2. The molecule has 2 aromatic carbocycles. The second kappa shape index (κ2) is 14.0. The number of carbonyl (C=O) groups excluding carboxylic acids is 1. The molecule has 0 aliphatic heterocycles. The van der Waals surface area contributed by atoms with Crippen molar-refractivity contribution in [1.82, 2.24) is 15.5 Å². The first-order chi connectivity index (χ1) is 14.0. The summed E-state index contributed by atoms with van der Waals surface area (Å²) in [6, 6.07) is 17.8. The highest BCUT2D eigenvalue weighted by Crippen LogP contribution is 2.15. The number of aliphatic imine (C=N–C) groups is 1. The number of hydrogen-bond acceptors (Lipinski definition) is 3. The first-order valence-electron chi connectivity index (χ1n) is 9.93. The molecule has 0 bridgehead atoms. The van der Waals surface area contributed by atoms with Crippen LogP contribution in [0.1, 0.15) is 40.9 Å². The molecule has 0 saturated carbocycles. The average molecular weight is 524 g/mol. The third kappa shape index (κ3) is 8.71. The summed E-state index contributed by atoms with van der Waals surface area (Å²) >= 11 is 0. The van der Waals surface area contributed by atoms with Crippen molar-refractivity contribution in [3.63, 3.8) is 0 Å². The minimum atomic E-state index is 0. The molecule has 0 aliphatic carbocycles. The predicted molar refractivity (Wildman–Crippen MR) is 134 cm³/mol. The van der Waals surface area contributed by atoms with Crippen LogP contribution in [-0.4, -0.2) is 51.1 Å². The van der Waals surface area contributed by atoms with E-state index >= 15 is 0 Å². The molecule has 2 N–H and O–H groups in total. The molecule has 0 radical (unpaired) electrons. The van der Waals surface area contributed by atoms with E-state index < -0.39 is 0 Å². The van der Waals surface area contributed by atoms with Gasteiger partial charge >= 0.3 is 0 Å². The van der Waals surface area contributed by atoms with Gasteiger partial charge in [-0.1, -0.05) is 42.5 Å². The molecule has 0 heterocycles. The number of rotatable bonds is 9. The number of benzene rings is 2. The molecule has 7 heteroatoms. The summed E-state index contributed by atoms with van der Waals surface area (Å²) in [5.74, 6) is 0.750. The lowest BCUT2D eigenvalue weighted by molar-refractivity contribution is 0.0646. The van der Waals surface area contributed by atoms with Gasteiger partial charge in [0.05, 0.1) is 6.10 Å². The summed E-state index contributed by atoms with van der Waals surface area (Å²) in [5, 5.41) is 6.58. The van der Waals surface area contributed by atoms with Crippen LogP contribution in [0.15, 0.2) is 59.6 Å². The van der Waals surface area contributed by atoms with Gasteiger partial charge in [0.1, 0.15) is 0 Å². The Morgan fingerprint density at radius 2 is 1.73 bits per heavy atom. The smallest absolute Gasteiger partial charge is 0.253 e. The van der Waals surface area contributed by atoms with E-state index in [0.29, 0.717) is 18.7 Å². The molecule has 1 atom stereocenters. The largest absolute Gasteiger partial charge is 0.374 e. The van der Waals surface area contributed by atoms with Gasteiger partial charge in [-0.3, -0.25) is 9.79 Å². The van der Waals surface area contributed by atoms with Crippen molar-refractivity contribution < 1.29 is 9.53 Å². The Balaban J connectivity index is 0.00000450. The number of ether oxygens (including phenoxy) is 1. The summed E-state index contributed by atoms with van der Waals surface area (Å²) in [6.07, 6.45) is 0.982. The number of halogens is 1. The molecule has 2 aromatic rings.